The molecule has 1 atom stereocenters. The van der Waals surface area contributed by atoms with Crippen LogP contribution in [-0.4, -0.2) is 17.4 Å². The van der Waals surface area contributed by atoms with Gasteiger partial charge in [-0.25, -0.2) is 13.6 Å². The molecule has 0 spiro atoms. The summed E-state index contributed by atoms with van der Waals surface area (Å²) in [5, 5.41) is 8.06. The minimum atomic E-state index is -2.89. The first-order valence-corrected chi connectivity index (χ1v) is 3.60. The molecule has 0 aliphatic rings. The maximum atomic E-state index is 12.8. The Morgan fingerprint density at radius 3 is 2.47 bits per heavy atom. The number of rotatable bonds is 3. The lowest BCUT2D eigenvalue weighted by molar-refractivity contribution is -0.153. The molecule has 0 unspecified atom stereocenters. The number of aliphatic carboxylic acids is 1. The molecule has 3 nitrogen and oxygen atoms in total. The van der Waals surface area contributed by atoms with E-state index in [1.807, 2.05) is 0 Å². The molecule has 0 aliphatic carbocycles. The Labute approximate surface area is 80.9 Å². The van der Waals surface area contributed by atoms with E-state index in [0.717, 1.165) is 0 Å². The van der Waals surface area contributed by atoms with Gasteiger partial charge in [-0.3, -0.25) is 0 Å². The number of benzene rings is 1. The second-order valence-corrected chi connectivity index (χ2v) is 2.47. The molecule has 0 bridgehead atoms. The van der Waals surface area contributed by atoms with Gasteiger partial charge in [-0.1, -0.05) is 0 Å². The highest BCUT2D eigenvalue weighted by Crippen LogP contribution is 2.22. The average Bonchev–Trinajstić information content (AvgIpc) is 2.13. The van der Waals surface area contributed by atoms with Gasteiger partial charge in [0.2, 0.25) is 5.82 Å². The maximum absolute atomic E-state index is 12.8. The van der Waals surface area contributed by atoms with E-state index >= 15 is 0 Å². The van der Waals surface area contributed by atoms with Crippen molar-refractivity contribution in [3.63, 3.8) is 0 Å². The van der Waals surface area contributed by atoms with Crippen LogP contribution in [0.5, 0.6) is 5.75 Å². The molecular formula is C8H4F4O3. The topological polar surface area (TPSA) is 46.5 Å². The van der Waals surface area contributed by atoms with Gasteiger partial charge in [-0.2, -0.15) is 8.78 Å². The van der Waals surface area contributed by atoms with Crippen LogP contribution in [-0.2, 0) is 4.79 Å². The maximum Gasteiger partial charge on any atom is 0.378 e. The van der Waals surface area contributed by atoms with Crippen LogP contribution in [0.25, 0.3) is 0 Å². The number of ether oxygens (including phenoxy) is 1. The number of carboxylic acids is 1. The first-order chi connectivity index (χ1) is 6.91. The zero-order chi connectivity index (χ0) is 11.6. The predicted molar refractivity (Wildman–Crippen MR) is 39.5 cm³/mol. The van der Waals surface area contributed by atoms with Gasteiger partial charge in [0.1, 0.15) is 5.82 Å². The largest absolute Gasteiger partial charge is 0.476 e. The quantitative estimate of drug-likeness (QED) is 0.629. The Hall–Kier alpha value is -1.79. The van der Waals surface area contributed by atoms with Crippen LogP contribution < -0.4 is 4.74 Å². The number of hydrogen-bond acceptors (Lipinski definition) is 2. The van der Waals surface area contributed by atoms with Gasteiger partial charge in [0.25, 0.3) is 0 Å². The van der Waals surface area contributed by atoms with E-state index in [9.17, 15) is 22.4 Å². The number of carbonyl (C=O) groups is 1. The van der Waals surface area contributed by atoms with Crippen molar-refractivity contribution in [3.05, 3.63) is 29.6 Å². The Morgan fingerprint density at radius 2 is 1.93 bits per heavy atom. The lowest BCUT2D eigenvalue weighted by Crippen LogP contribution is -2.22. The summed E-state index contributed by atoms with van der Waals surface area (Å²) in [6.45, 7) is 0. The molecular weight excluding hydrogens is 220 g/mol. The van der Waals surface area contributed by atoms with E-state index in [1.165, 1.54) is 0 Å². The van der Waals surface area contributed by atoms with Crippen LogP contribution in [0, 0.1) is 17.5 Å². The van der Waals surface area contributed by atoms with Crippen molar-refractivity contribution in [2.75, 3.05) is 0 Å². The fourth-order valence-electron chi connectivity index (χ4n) is 0.780. The van der Waals surface area contributed by atoms with Crippen molar-refractivity contribution in [1.29, 1.82) is 0 Å². The molecule has 0 heterocycles. The van der Waals surface area contributed by atoms with Crippen LogP contribution in [0.3, 0.4) is 0 Å². The van der Waals surface area contributed by atoms with Gasteiger partial charge in [0.15, 0.2) is 11.6 Å². The minimum absolute atomic E-state index is 0.218. The highest BCUT2D eigenvalue weighted by atomic mass is 19.2. The molecule has 1 rings (SSSR count). The molecule has 0 saturated carbocycles. The fourth-order valence-corrected chi connectivity index (χ4v) is 0.780. The summed E-state index contributed by atoms with van der Waals surface area (Å²) in [5.41, 5.74) is 0. The summed E-state index contributed by atoms with van der Waals surface area (Å²) in [5.74, 6) is -7.62. The fraction of sp³-hybridized carbons (Fsp3) is 0.125. The molecule has 0 aromatic heterocycles. The highest BCUT2D eigenvalue weighted by molar-refractivity contribution is 5.70. The molecule has 1 aromatic carbocycles. The second-order valence-electron chi connectivity index (χ2n) is 2.47. The van der Waals surface area contributed by atoms with Gasteiger partial charge in [0.05, 0.1) is 0 Å². The first kappa shape index (κ1) is 11.3. The monoisotopic (exact) mass is 224 g/mol. The van der Waals surface area contributed by atoms with Crippen molar-refractivity contribution in [1.82, 2.24) is 0 Å². The van der Waals surface area contributed by atoms with Gasteiger partial charge in [-0.05, 0) is 0 Å². The zero-order valence-corrected chi connectivity index (χ0v) is 7.01. The summed E-state index contributed by atoms with van der Waals surface area (Å²) in [6.07, 6.45) is -2.89. The molecule has 0 aliphatic heterocycles. The summed E-state index contributed by atoms with van der Waals surface area (Å²) in [4.78, 5) is 9.97. The molecule has 82 valence electrons. The van der Waals surface area contributed by atoms with Crippen molar-refractivity contribution < 1.29 is 32.2 Å². The summed E-state index contributed by atoms with van der Waals surface area (Å²) in [7, 11) is 0. The van der Waals surface area contributed by atoms with Crippen molar-refractivity contribution >= 4 is 5.97 Å². The van der Waals surface area contributed by atoms with Gasteiger partial charge < -0.3 is 9.84 Å². The van der Waals surface area contributed by atoms with E-state index in [4.69, 9.17) is 5.11 Å². The zero-order valence-electron chi connectivity index (χ0n) is 7.01. The highest BCUT2D eigenvalue weighted by Gasteiger charge is 2.21. The number of hydrogen-bond donors (Lipinski definition) is 1. The molecule has 0 radical (unpaired) electrons. The molecule has 1 aromatic rings. The van der Waals surface area contributed by atoms with Crippen molar-refractivity contribution in [2.24, 2.45) is 0 Å². The van der Waals surface area contributed by atoms with Crippen LogP contribution >= 0.6 is 0 Å². The van der Waals surface area contributed by atoms with E-state index < -0.39 is 35.5 Å². The van der Waals surface area contributed by atoms with Gasteiger partial charge in [0, 0.05) is 12.1 Å². The third kappa shape index (κ3) is 2.58. The van der Waals surface area contributed by atoms with Crippen molar-refractivity contribution in [2.45, 2.75) is 6.36 Å². The Bertz CT molecular complexity index is 394. The van der Waals surface area contributed by atoms with E-state index in [2.05, 4.69) is 4.74 Å². The standard InChI is InChI=1S/C8H4F4O3/c9-3-1-4(10)6(11)5(2-3)15-7(12)8(13)14/h1-2,7H,(H,13,14)/t7-/m0/s1. The van der Waals surface area contributed by atoms with E-state index in [-0.39, 0.29) is 6.07 Å². The van der Waals surface area contributed by atoms with Crippen LogP contribution in [0.1, 0.15) is 0 Å². The van der Waals surface area contributed by atoms with Crippen LogP contribution in [0.4, 0.5) is 17.6 Å². The van der Waals surface area contributed by atoms with Gasteiger partial charge in [-0.15, -0.1) is 0 Å². The lowest BCUT2D eigenvalue weighted by Gasteiger charge is -2.08. The molecule has 0 amide bonds. The molecule has 0 fully saturated rings. The van der Waals surface area contributed by atoms with Crippen molar-refractivity contribution in [3.8, 4) is 5.75 Å². The van der Waals surface area contributed by atoms with Crippen LogP contribution in [0.2, 0.25) is 0 Å². The third-order valence-corrected chi connectivity index (χ3v) is 1.38. The molecule has 7 heteroatoms. The smallest absolute Gasteiger partial charge is 0.378 e. The Kier molecular flexibility index (Phi) is 3.13. The average molecular weight is 224 g/mol. The number of halogens is 4. The number of carboxylic acid groups (broad SMARTS) is 1. The van der Waals surface area contributed by atoms with E-state index in [1.54, 1.807) is 0 Å². The van der Waals surface area contributed by atoms with Crippen LogP contribution in [0.15, 0.2) is 12.1 Å². The predicted octanol–water partition coefficient (Wildman–Crippen LogP) is 1.86. The normalized spacial score (nSPS) is 12.3. The van der Waals surface area contributed by atoms with Gasteiger partial charge >= 0.3 is 12.3 Å². The summed E-state index contributed by atoms with van der Waals surface area (Å²) in [6, 6.07) is 0.560. The second kappa shape index (κ2) is 4.16. The molecule has 15 heavy (non-hydrogen) atoms. The molecule has 1 N–H and O–H groups in total. The summed E-state index contributed by atoms with van der Waals surface area (Å²) < 4.78 is 54.1. The minimum Gasteiger partial charge on any atom is -0.476 e. The Balaban J connectivity index is 2.99. The summed E-state index contributed by atoms with van der Waals surface area (Å²) >= 11 is 0. The van der Waals surface area contributed by atoms with E-state index in [0.29, 0.717) is 6.07 Å². The number of alkyl halides is 1. The Morgan fingerprint density at radius 1 is 1.33 bits per heavy atom. The SMILES string of the molecule is O=C(O)[C@@H](F)Oc1cc(F)cc(F)c1F. The lowest BCUT2D eigenvalue weighted by atomic mass is 10.3. The molecule has 0 saturated heterocycles. The first-order valence-electron chi connectivity index (χ1n) is 3.60. The third-order valence-electron chi connectivity index (χ3n) is 1.38.